The lowest BCUT2D eigenvalue weighted by atomic mass is 10.1. The third-order valence-corrected chi connectivity index (χ3v) is 4.13. The van der Waals surface area contributed by atoms with E-state index >= 15 is 0 Å². The number of hydrogen-bond donors (Lipinski definition) is 1. The molecule has 1 aliphatic heterocycles. The summed E-state index contributed by atoms with van der Waals surface area (Å²) in [4.78, 5) is 24.8. The standard InChI is InChI=1S/C16H17N3O4/c1-11-12(5-2-6-13(11)19(21)22)17-16(20)18-9-3-7-14(18)15-8-4-10-23-15/h2,4-6,8,10,14H,3,7,9H2,1H3,(H,17,20)/t14-/m1/s1. The summed E-state index contributed by atoms with van der Waals surface area (Å²) in [6, 6.07) is 7.94. The number of amides is 2. The smallest absolute Gasteiger partial charge is 0.322 e. The van der Waals surface area contributed by atoms with Crippen molar-refractivity contribution in [3.63, 3.8) is 0 Å². The minimum atomic E-state index is -0.452. The maximum atomic E-state index is 12.6. The fraction of sp³-hybridized carbons (Fsp3) is 0.312. The van der Waals surface area contributed by atoms with Crippen LogP contribution < -0.4 is 5.32 Å². The summed E-state index contributed by atoms with van der Waals surface area (Å²) in [6.45, 7) is 2.26. The van der Waals surface area contributed by atoms with Crippen molar-refractivity contribution in [1.29, 1.82) is 0 Å². The molecule has 3 rings (SSSR count). The third kappa shape index (κ3) is 2.90. The average molecular weight is 315 g/mol. The Morgan fingerprint density at radius 2 is 2.22 bits per heavy atom. The SMILES string of the molecule is Cc1c(NC(=O)N2CCC[C@@H]2c2ccco2)cccc1[N+](=O)[O-]. The van der Waals surface area contributed by atoms with Gasteiger partial charge in [0.2, 0.25) is 0 Å². The van der Waals surface area contributed by atoms with Crippen LogP contribution in [0.3, 0.4) is 0 Å². The molecule has 2 aromatic rings. The molecular formula is C16H17N3O4. The lowest BCUT2D eigenvalue weighted by Gasteiger charge is -2.23. The number of carbonyl (C=O) groups excluding carboxylic acids is 1. The molecule has 7 heteroatoms. The molecule has 2 heterocycles. The van der Waals surface area contributed by atoms with Crippen LogP contribution in [0.25, 0.3) is 0 Å². The average Bonchev–Trinajstić information content (AvgIpc) is 3.19. The summed E-state index contributed by atoms with van der Waals surface area (Å²) in [7, 11) is 0. The van der Waals surface area contributed by atoms with Crippen LogP contribution in [0.1, 0.15) is 30.2 Å². The van der Waals surface area contributed by atoms with Gasteiger partial charge in [0.1, 0.15) is 5.76 Å². The first-order valence-electron chi connectivity index (χ1n) is 7.43. The van der Waals surface area contributed by atoms with Crippen molar-refractivity contribution in [1.82, 2.24) is 4.90 Å². The van der Waals surface area contributed by atoms with E-state index in [0.717, 1.165) is 18.6 Å². The summed E-state index contributed by atoms with van der Waals surface area (Å²) in [5.41, 5.74) is 0.890. The Morgan fingerprint density at radius 1 is 1.39 bits per heavy atom. The topological polar surface area (TPSA) is 88.6 Å². The normalized spacial score (nSPS) is 17.3. The highest BCUT2D eigenvalue weighted by molar-refractivity contribution is 5.91. The second-order valence-electron chi connectivity index (χ2n) is 5.50. The van der Waals surface area contributed by atoms with Gasteiger partial charge in [0.25, 0.3) is 5.69 Å². The van der Waals surface area contributed by atoms with Crippen molar-refractivity contribution in [2.24, 2.45) is 0 Å². The van der Waals surface area contributed by atoms with Crippen molar-refractivity contribution in [3.05, 3.63) is 58.0 Å². The van der Waals surface area contributed by atoms with Gasteiger partial charge in [-0.3, -0.25) is 10.1 Å². The van der Waals surface area contributed by atoms with Crippen molar-refractivity contribution in [2.45, 2.75) is 25.8 Å². The number of anilines is 1. The van der Waals surface area contributed by atoms with Crippen molar-refractivity contribution >= 4 is 17.4 Å². The number of furan rings is 1. The van der Waals surface area contributed by atoms with Crippen LogP contribution in [-0.2, 0) is 0 Å². The van der Waals surface area contributed by atoms with E-state index in [0.29, 0.717) is 17.8 Å². The number of nitro groups is 1. The highest BCUT2D eigenvalue weighted by Crippen LogP contribution is 2.33. The lowest BCUT2D eigenvalue weighted by molar-refractivity contribution is -0.385. The van der Waals surface area contributed by atoms with Gasteiger partial charge in [0.15, 0.2) is 0 Å². The molecule has 2 amide bonds. The number of hydrogen-bond acceptors (Lipinski definition) is 4. The summed E-state index contributed by atoms with van der Waals surface area (Å²) >= 11 is 0. The Kier molecular flexibility index (Phi) is 4.01. The number of rotatable bonds is 3. The van der Waals surface area contributed by atoms with E-state index in [2.05, 4.69) is 5.32 Å². The summed E-state index contributed by atoms with van der Waals surface area (Å²) in [5.74, 6) is 0.758. The van der Waals surface area contributed by atoms with Gasteiger partial charge in [-0.2, -0.15) is 0 Å². The number of carbonyl (C=O) groups is 1. The predicted octanol–water partition coefficient (Wildman–Crippen LogP) is 3.87. The van der Waals surface area contributed by atoms with E-state index in [9.17, 15) is 14.9 Å². The first-order valence-corrected chi connectivity index (χ1v) is 7.43. The van der Waals surface area contributed by atoms with Gasteiger partial charge in [0.05, 0.1) is 28.5 Å². The zero-order valence-corrected chi connectivity index (χ0v) is 12.7. The molecule has 0 radical (unpaired) electrons. The molecule has 1 atom stereocenters. The van der Waals surface area contributed by atoms with Gasteiger partial charge >= 0.3 is 6.03 Å². The summed E-state index contributed by atoms with van der Waals surface area (Å²) in [5, 5.41) is 13.8. The summed E-state index contributed by atoms with van der Waals surface area (Å²) < 4.78 is 5.41. The molecule has 0 aliphatic carbocycles. The number of likely N-dealkylation sites (tertiary alicyclic amines) is 1. The molecule has 1 saturated heterocycles. The van der Waals surface area contributed by atoms with E-state index in [-0.39, 0.29) is 17.8 Å². The Labute approximate surface area is 133 Å². The largest absolute Gasteiger partial charge is 0.467 e. The van der Waals surface area contributed by atoms with Crippen molar-refractivity contribution < 1.29 is 14.1 Å². The molecule has 0 unspecified atom stereocenters. The second kappa shape index (κ2) is 6.12. The molecule has 0 saturated carbocycles. The molecule has 1 fully saturated rings. The Morgan fingerprint density at radius 3 is 2.91 bits per heavy atom. The number of nitrogens with one attached hydrogen (secondary N) is 1. The van der Waals surface area contributed by atoms with E-state index in [1.165, 1.54) is 6.07 Å². The second-order valence-corrected chi connectivity index (χ2v) is 5.50. The zero-order valence-electron chi connectivity index (χ0n) is 12.7. The van der Waals surface area contributed by atoms with E-state index in [4.69, 9.17) is 4.42 Å². The quantitative estimate of drug-likeness (QED) is 0.688. The van der Waals surface area contributed by atoms with Gasteiger partial charge in [-0.25, -0.2) is 4.79 Å². The first-order chi connectivity index (χ1) is 11.1. The minimum absolute atomic E-state index is 0.00759. The molecule has 0 spiro atoms. The van der Waals surface area contributed by atoms with Gasteiger partial charge in [-0.1, -0.05) is 6.07 Å². The fourth-order valence-corrected chi connectivity index (χ4v) is 2.93. The third-order valence-electron chi connectivity index (χ3n) is 4.13. The van der Waals surface area contributed by atoms with Crippen LogP contribution in [0.5, 0.6) is 0 Å². The van der Waals surface area contributed by atoms with Crippen LogP contribution in [0.4, 0.5) is 16.2 Å². The van der Waals surface area contributed by atoms with Crippen LogP contribution in [-0.4, -0.2) is 22.4 Å². The van der Waals surface area contributed by atoms with Crippen molar-refractivity contribution in [2.75, 3.05) is 11.9 Å². The van der Waals surface area contributed by atoms with E-state index in [1.807, 2.05) is 6.07 Å². The maximum Gasteiger partial charge on any atom is 0.322 e. The Bertz CT molecular complexity index is 727. The molecule has 1 N–H and O–H groups in total. The molecule has 0 bridgehead atoms. The van der Waals surface area contributed by atoms with E-state index in [1.54, 1.807) is 36.3 Å². The lowest BCUT2D eigenvalue weighted by Crippen LogP contribution is -2.34. The molecular weight excluding hydrogens is 298 g/mol. The number of nitrogens with zero attached hydrogens (tertiary/aromatic N) is 2. The van der Waals surface area contributed by atoms with Gasteiger partial charge in [-0.15, -0.1) is 0 Å². The Hall–Kier alpha value is -2.83. The summed E-state index contributed by atoms with van der Waals surface area (Å²) in [6.07, 6.45) is 3.33. The molecule has 1 aromatic heterocycles. The van der Waals surface area contributed by atoms with E-state index < -0.39 is 4.92 Å². The minimum Gasteiger partial charge on any atom is -0.467 e. The maximum absolute atomic E-state index is 12.6. The molecule has 23 heavy (non-hydrogen) atoms. The number of benzene rings is 1. The van der Waals surface area contributed by atoms with Crippen LogP contribution in [0, 0.1) is 17.0 Å². The van der Waals surface area contributed by atoms with Crippen LogP contribution >= 0.6 is 0 Å². The predicted molar refractivity (Wildman–Crippen MR) is 84.2 cm³/mol. The van der Waals surface area contributed by atoms with Gasteiger partial charge in [-0.05, 0) is 38.0 Å². The molecule has 1 aliphatic rings. The zero-order chi connectivity index (χ0) is 16.4. The highest BCUT2D eigenvalue weighted by Gasteiger charge is 2.32. The first kappa shape index (κ1) is 15.1. The molecule has 120 valence electrons. The number of nitro benzene ring substituents is 1. The van der Waals surface area contributed by atoms with Gasteiger partial charge in [0, 0.05) is 12.6 Å². The van der Waals surface area contributed by atoms with Gasteiger partial charge < -0.3 is 14.6 Å². The highest BCUT2D eigenvalue weighted by atomic mass is 16.6. The van der Waals surface area contributed by atoms with Crippen molar-refractivity contribution in [3.8, 4) is 0 Å². The Balaban J connectivity index is 1.79. The van der Waals surface area contributed by atoms with Crippen LogP contribution in [0.15, 0.2) is 41.0 Å². The fourth-order valence-electron chi connectivity index (χ4n) is 2.93. The number of urea groups is 1. The van der Waals surface area contributed by atoms with Crippen LogP contribution in [0.2, 0.25) is 0 Å². The molecule has 7 nitrogen and oxygen atoms in total. The molecule has 1 aromatic carbocycles. The monoisotopic (exact) mass is 315 g/mol.